The van der Waals surface area contributed by atoms with Gasteiger partial charge in [-0.15, -0.1) is 0 Å². The van der Waals surface area contributed by atoms with E-state index in [1.807, 2.05) is 30.3 Å². The van der Waals surface area contributed by atoms with Crippen LogP contribution in [0.4, 0.5) is 17.1 Å². The first-order valence-corrected chi connectivity index (χ1v) is 5.48. The van der Waals surface area contributed by atoms with Crippen LogP contribution in [0.3, 0.4) is 0 Å². The fourth-order valence-corrected chi connectivity index (χ4v) is 1.64. The minimum absolute atomic E-state index is 0.613. The first-order valence-electron chi connectivity index (χ1n) is 4.73. The zero-order valence-electron chi connectivity index (χ0n) is 8.37. The molecule has 0 saturated carbocycles. The minimum Gasteiger partial charge on any atom is -0.397 e. The van der Waals surface area contributed by atoms with Crippen molar-refractivity contribution in [1.29, 1.82) is 0 Å². The van der Waals surface area contributed by atoms with E-state index in [0.29, 0.717) is 15.7 Å². The maximum Gasteiger partial charge on any atom is 0.0618 e. The van der Waals surface area contributed by atoms with Crippen molar-refractivity contribution in [3.05, 3.63) is 52.5 Å². The van der Waals surface area contributed by atoms with Crippen LogP contribution in [-0.2, 0) is 0 Å². The first-order chi connectivity index (χ1) is 7.65. The second-order valence-corrected chi connectivity index (χ2v) is 4.24. The molecule has 82 valence electrons. The average molecular weight is 253 g/mol. The lowest BCUT2D eigenvalue weighted by Gasteiger charge is -2.09. The third-order valence-corrected chi connectivity index (χ3v) is 2.62. The molecule has 2 aromatic carbocycles. The number of rotatable bonds is 2. The summed E-state index contributed by atoms with van der Waals surface area (Å²) in [7, 11) is 0. The van der Waals surface area contributed by atoms with Crippen LogP contribution in [0.5, 0.6) is 0 Å². The molecule has 3 N–H and O–H groups in total. The molecule has 0 radical (unpaired) electrons. The molecule has 0 saturated heterocycles. The Morgan fingerprint density at radius 3 is 2.12 bits per heavy atom. The Kier molecular flexibility index (Phi) is 3.22. The molecule has 0 spiro atoms. The zero-order chi connectivity index (χ0) is 11.5. The SMILES string of the molecule is Nc1cc(Cl)ccc1Nc1ccc(Cl)cc1. The Morgan fingerprint density at radius 1 is 0.875 bits per heavy atom. The van der Waals surface area contributed by atoms with Crippen LogP contribution in [-0.4, -0.2) is 0 Å². The maximum atomic E-state index is 5.83. The van der Waals surface area contributed by atoms with E-state index in [0.717, 1.165) is 11.4 Å². The molecule has 0 aliphatic rings. The van der Waals surface area contributed by atoms with Gasteiger partial charge < -0.3 is 11.1 Å². The number of nitrogens with one attached hydrogen (secondary N) is 1. The zero-order valence-corrected chi connectivity index (χ0v) is 9.89. The van der Waals surface area contributed by atoms with Gasteiger partial charge in [0.1, 0.15) is 0 Å². The fraction of sp³-hybridized carbons (Fsp3) is 0. The lowest BCUT2D eigenvalue weighted by molar-refractivity contribution is 1.55. The van der Waals surface area contributed by atoms with Gasteiger partial charge in [-0.05, 0) is 42.5 Å². The van der Waals surface area contributed by atoms with Crippen LogP contribution in [0.1, 0.15) is 0 Å². The van der Waals surface area contributed by atoms with Gasteiger partial charge in [0.15, 0.2) is 0 Å². The van der Waals surface area contributed by atoms with Crippen molar-refractivity contribution in [2.75, 3.05) is 11.1 Å². The van der Waals surface area contributed by atoms with Crippen LogP contribution in [0.2, 0.25) is 10.0 Å². The molecule has 2 rings (SSSR count). The van der Waals surface area contributed by atoms with Gasteiger partial charge >= 0.3 is 0 Å². The van der Waals surface area contributed by atoms with Crippen LogP contribution in [0.25, 0.3) is 0 Å². The van der Waals surface area contributed by atoms with E-state index in [9.17, 15) is 0 Å². The lowest BCUT2D eigenvalue weighted by atomic mass is 10.2. The number of hydrogen-bond donors (Lipinski definition) is 2. The minimum atomic E-state index is 0.613. The predicted molar refractivity (Wildman–Crippen MR) is 70.6 cm³/mol. The second kappa shape index (κ2) is 4.64. The van der Waals surface area contributed by atoms with Crippen molar-refractivity contribution in [3.8, 4) is 0 Å². The molecule has 0 fully saturated rings. The largest absolute Gasteiger partial charge is 0.397 e. The second-order valence-electron chi connectivity index (χ2n) is 3.36. The molecule has 2 aromatic rings. The highest BCUT2D eigenvalue weighted by molar-refractivity contribution is 6.31. The van der Waals surface area contributed by atoms with Gasteiger partial charge in [-0.25, -0.2) is 0 Å². The van der Waals surface area contributed by atoms with E-state index in [4.69, 9.17) is 28.9 Å². The van der Waals surface area contributed by atoms with E-state index in [1.165, 1.54) is 0 Å². The normalized spacial score (nSPS) is 10.1. The number of nitrogen functional groups attached to an aromatic ring is 1. The van der Waals surface area contributed by atoms with Crippen molar-refractivity contribution >= 4 is 40.3 Å². The summed E-state index contributed by atoms with van der Waals surface area (Å²) < 4.78 is 0. The van der Waals surface area contributed by atoms with Gasteiger partial charge in [0, 0.05) is 15.7 Å². The van der Waals surface area contributed by atoms with Crippen LogP contribution in [0.15, 0.2) is 42.5 Å². The number of hydrogen-bond acceptors (Lipinski definition) is 2. The first kappa shape index (κ1) is 11.1. The Bertz CT molecular complexity index is 495. The van der Waals surface area contributed by atoms with Gasteiger partial charge in [-0.2, -0.15) is 0 Å². The Balaban J connectivity index is 2.23. The van der Waals surface area contributed by atoms with Gasteiger partial charge in [0.05, 0.1) is 11.4 Å². The van der Waals surface area contributed by atoms with Crippen molar-refractivity contribution in [1.82, 2.24) is 0 Å². The molecule has 0 aromatic heterocycles. The van der Waals surface area contributed by atoms with E-state index < -0.39 is 0 Å². The highest BCUT2D eigenvalue weighted by Gasteiger charge is 2.00. The van der Waals surface area contributed by atoms with Gasteiger partial charge in [-0.1, -0.05) is 23.2 Å². The summed E-state index contributed by atoms with van der Waals surface area (Å²) in [6.07, 6.45) is 0. The highest BCUT2D eigenvalue weighted by atomic mass is 35.5. The third-order valence-electron chi connectivity index (χ3n) is 2.14. The van der Waals surface area contributed by atoms with Crippen molar-refractivity contribution < 1.29 is 0 Å². The van der Waals surface area contributed by atoms with Gasteiger partial charge in [0.2, 0.25) is 0 Å². The molecule has 0 bridgehead atoms. The fourth-order valence-electron chi connectivity index (χ4n) is 1.34. The topological polar surface area (TPSA) is 38.0 Å². The lowest BCUT2D eigenvalue weighted by Crippen LogP contribution is -1.95. The van der Waals surface area contributed by atoms with Crippen LogP contribution >= 0.6 is 23.2 Å². The smallest absolute Gasteiger partial charge is 0.0618 e. The van der Waals surface area contributed by atoms with Gasteiger partial charge in [0.25, 0.3) is 0 Å². The number of anilines is 3. The molecule has 16 heavy (non-hydrogen) atoms. The third kappa shape index (κ3) is 2.60. The molecular formula is C12H10Cl2N2. The maximum absolute atomic E-state index is 5.83. The summed E-state index contributed by atoms with van der Waals surface area (Å²) in [5, 5.41) is 4.51. The average Bonchev–Trinajstić information content (AvgIpc) is 2.25. The molecule has 2 nitrogen and oxygen atoms in total. The standard InChI is InChI=1S/C12H10Cl2N2/c13-8-1-4-10(5-2-8)16-12-6-3-9(14)7-11(12)15/h1-7,16H,15H2. The molecular weight excluding hydrogens is 243 g/mol. The molecule has 4 heteroatoms. The van der Waals surface area contributed by atoms with Crippen molar-refractivity contribution in [2.45, 2.75) is 0 Å². The van der Waals surface area contributed by atoms with Gasteiger partial charge in [-0.3, -0.25) is 0 Å². The van der Waals surface area contributed by atoms with Crippen molar-refractivity contribution in [2.24, 2.45) is 0 Å². The number of halogens is 2. The molecule has 0 amide bonds. The quantitative estimate of drug-likeness (QED) is 0.782. The highest BCUT2D eigenvalue weighted by Crippen LogP contribution is 2.26. The Morgan fingerprint density at radius 2 is 1.50 bits per heavy atom. The predicted octanol–water partition coefficient (Wildman–Crippen LogP) is 4.32. The summed E-state index contributed by atoms with van der Waals surface area (Å²) in [5.41, 5.74) is 8.19. The van der Waals surface area contributed by atoms with E-state index in [1.54, 1.807) is 12.1 Å². The Hall–Kier alpha value is -1.38. The van der Waals surface area contributed by atoms with Crippen LogP contribution < -0.4 is 11.1 Å². The summed E-state index contributed by atoms with van der Waals surface area (Å²) in [5.74, 6) is 0. The summed E-state index contributed by atoms with van der Waals surface area (Å²) in [4.78, 5) is 0. The van der Waals surface area contributed by atoms with E-state index in [-0.39, 0.29) is 0 Å². The van der Waals surface area contributed by atoms with E-state index in [2.05, 4.69) is 5.32 Å². The Labute approximate surface area is 104 Å². The number of benzene rings is 2. The summed E-state index contributed by atoms with van der Waals surface area (Å²) in [6.45, 7) is 0. The number of nitrogens with two attached hydrogens (primary N) is 1. The molecule has 0 aliphatic carbocycles. The molecule has 0 unspecified atom stereocenters. The van der Waals surface area contributed by atoms with E-state index >= 15 is 0 Å². The van der Waals surface area contributed by atoms with Crippen LogP contribution in [0, 0.1) is 0 Å². The molecule has 0 aliphatic heterocycles. The summed E-state index contributed by atoms with van der Waals surface area (Å²) >= 11 is 11.6. The monoisotopic (exact) mass is 252 g/mol. The molecule has 0 heterocycles. The summed E-state index contributed by atoms with van der Waals surface area (Å²) in [6, 6.07) is 12.7. The molecule has 0 atom stereocenters. The van der Waals surface area contributed by atoms with Crippen molar-refractivity contribution in [3.63, 3.8) is 0 Å².